The normalized spacial score (nSPS) is 11.9. The van der Waals surface area contributed by atoms with E-state index in [1.807, 2.05) is 61.8 Å². The third-order valence-electron chi connectivity index (χ3n) is 4.24. The highest BCUT2D eigenvalue weighted by atomic mass is 16.6. The Hall–Kier alpha value is -3.35. The van der Waals surface area contributed by atoms with Crippen LogP contribution in [0, 0.1) is 0 Å². The zero-order valence-electron chi connectivity index (χ0n) is 15.7. The van der Waals surface area contributed by atoms with Gasteiger partial charge in [0.15, 0.2) is 0 Å². The summed E-state index contributed by atoms with van der Waals surface area (Å²) < 4.78 is 7.38. The summed E-state index contributed by atoms with van der Waals surface area (Å²) in [5.74, 6) is 0. The highest BCUT2D eigenvalue weighted by molar-refractivity contribution is 5.87. The van der Waals surface area contributed by atoms with Crippen molar-refractivity contribution in [3.63, 3.8) is 0 Å². The molecule has 1 N–H and O–H groups in total. The maximum absolute atomic E-state index is 12.4. The molecule has 7 nitrogen and oxygen atoms in total. The molecule has 4 heterocycles. The molecule has 0 atom stereocenters. The summed E-state index contributed by atoms with van der Waals surface area (Å²) in [4.78, 5) is 26.0. The minimum atomic E-state index is -0.550. The molecule has 0 aliphatic rings. The van der Waals surface area contributed by atoms with E-state index in [-0.39, 0.29) is 0 Å². The average molecular weight is 363 g/mol. The Morgan fingerprint density at radius 1 is 1.19 bits per heavy atom. The van der Waals surface area contributed by atoms with Crippen molar-refractivity contribution >= 4 is 28.3 Å². The number of hydrogen-bond donors (Lipinski definition) is 1. The summed E-state index contributed by atoms with van der Waals surface area (Å²) in [6.07, 6.45) is 6.94. The molecule has 0 bridgehead atoms. The Balaban J connectivity index is 1.73. The van der Waals surface area contributed by atoms with Crippen LogP contribution in [0.4, 0.5) is 10.5 Å². The summed E-state index contributed by atoms with van der Waals surface area (Å²) in [7, 11) is 1.69. The minimum Gasteiger partial charge on any atom is -0.443 e. The number of hydrogen-bond acceptors (Lipinski definition) is 4. The second kappa shape index (κ2) is 6.12. The number of carbonyl (C=O) groups is 1. The molecule has 0 radical (unpaired) electrons. The van der Waals surface area contributed by atoms with Crippen molar-refractivity contribution in [3.8, 4) is 11.4 Å². The number of rotatable bonds is 2. The lowest BCUT2D eigenvalue weighted by atomic mass is 10.2. The summed E-state index contributed by atoms with van der Waals surface area (Å²) >= 11 is 0. The van der Waals surface area contributed by atoms with Gasteiger partial charge in [-0.2, -0.15) is 0 Å². The standard InChI is InChI=1S/C20H21N5O2/c1-20(2,3)27-19(26)24(4)14-5-6-18-23-11-17(25(18)12-14)15-9-13-7-8-21-16(13)10-22-15/h5-12,21H,1-4H3. The number of nitrogens with one attached hydrogen (secondary N) is 1. The molecule has 0 spiro atoms. The van der Waals surface area contributed by atoms with Gasteiger partial charge < -0.3 is 9.72 Å². The molecular weight excluding hydrogens is 342 g/mol. The van der Waals surface area contributed by atoms with E-state index in [0.29, 0.717) is 5.69 Å². The number of aromatic nitrogens is 4. The number of imidazole rings is 1. The van der Waals surface area contributed by atoms with Crippen molar-refractivity contribution < 1.29 is 9.53 Å². The fraction of sp³-hybridized carbons (Fsp3) is 0.250. The van der Waals surface area contributed by atoms with E-state index in [9.17, 15) is 4.79 Å². The minimum absolute atomic E-state index is 0.407. The molecule has 27 heavy (non-hydrogen) atoms. The largest absolute Gasteiger partial charge is 0.443 e. The smallest absolute Gasteiger partial charge is 0.414 e. The van der Waals surface area contributed by atoms with Gasteiger partial charge in [0.1, 0.15) is 11.2 Å². The van der Waals surface area contributed by atoms with Gasteiger partial charge >= 0.3 is 6.09 Å². The van der Waals surface area contributed by atoms with Gasteiger partial charge in [0.2, 0.25) is 0 Å². The summed E-state index contributed by atoms with van der Waals surface area (Å²) in [5, 5.41) is 1.08. The van der Waals surface area contributed by atoms with Crippen molar-refractivity contribution in [1.29, 1.82) is 0 Å². The van der Waals surface area contributed by atoms with Crippen LogP contribution in [0.5, 0.6) is 0 Å². The summed E-state index contributed by atoms with van der Waals surface area (Å²) in [5.41, 5.74) is 3.59. The molecule has 4 aromatic rings. The van der Waals surface area contributed by atoms with Gasteiger partial charge in [0.05, 0.1) is 35.0 Å². The van der Waals surface area contributed by atoms with E-state index in [1.54, 1.807) is 19.4 Å². The second-order valence-electron chi connectivity index (χ2n) is 7.43. The Labute approximate surface area is 156 Å². The zero-order valence-corrected chi connectivity index (χ0v) is 15.7. The highest BCUT2D eigenvalue weighted by Crippen LogP contribution is 2.25. The van der Waals surface area contributed by atoms with Gasteiger partial charge in [-0.15, -0.1) is 0 Å². The van der Waals surface area contributed by atoms with E-state index < -0.39 is 11.7 Å². The van der Waals surface area contributed by atoms with Crippen LogP contribution in [0.15, 0.2) is 49.1 Å². The number of ether oxygens (including phenoxy) is 1. The topological polar surface area (TPSA) is 75.5 Å². The maximum atomic E-state index is 12.4. The molecule has 0 saturated heterocycles. The summed E-state index contributed by atoms with van der Waals surface area (Å²) in [6, 6.07) is 7.73. The first kappa shape index (κ1) is 17.1. The van der Waals surface area contributed by atoms with Crippen molar-refractivity contribution in [3.05, 3.63) is 49.1 Å². The number of aromatic amines is 1. The van der Waals surface area contributed by atoms with Crippen LogP contribution in [0.1, 0.15) is 20.8 Å². The van der Waals surface area contributed by atoms with E-state index in [2.05, 4.69) is 15.0 Å². The molecule has 4 rings (SSSR count). The van der Waals surface area contributed by atoms with E-state index in [1.165, 1.54) is 4.90 Å². The number of pyridine rings is 2. The molecule has 0 aliphatic carbocycles. The molecule has 0 aromatic carbocycles. The molecule has 0 aliphatic heterocycles. The molecule has 1 amide bonds. The first-order chi connectivity index (χ1) is 12.8. The van der Waals surface area contributed by atoms with Crippen molar-refractivity contribution in [2.24, 2.45) is 0 Å². The predicted molar refractivity (Wildman–Crippen MR) is 105 cm³/mol. The molecule has 0 fully saturated rings. The Morgan fingerprint density at radius 3 is 2.78 bits per heavy atom. The van der Waals surface area contributed by atoms with Gasteiger partial charge in [-0.05, 0) is 45.0 Å². The van der Waals surface area contributed by atoms with E-state index in [0.717, 1.165) is 27.9 Å². The average Bonchev–Trinajstić information content (AvgIpc) is 3.24. The van der Waals surface area contributed by atoms with Crippen LogP contribution in [0.25, 0.3) is 27.9 Å². The second-order valence-corrected chi connectivity index (χ2v) is 7.43. The van der Waals surface area contributed by atoms with Crippen molar-refractivity contribution in [2.75, 3.05) is 11.9 Å². The van der Waals surface area contributed by atoms with Crippen molar-refractivity contribution in [2.45, 2.75) is 26.4 Å². The highest BCUT2D eigenvalue weighted by Gasteiger charge is 2.21. The number of H-pyrrole nitrogens is 1. The number of fused-ring (bicyclic) bond motifs is 2. The number of anilines is 1. The molecule has 0 unspecified atom stereocenters. The first-order valence-corrected chi connectivity index (χ1v) is 8.69. The Kier molecular flexibility index (Phi) is 3.87. The van der Waals surface area contributed by atoms with Crippen LogP contribution in [0.2, 0.25) is 0 Å². The zero-order chi connectivity index (χ0) is 19.2. The number of nitrogens with zero attached hydrogens (tertiary/aromatic N) is 4. The lowest BCUT2D eigenvalue weighted by Gasteiger charge is -2.24. The van der Waals surface area contributed by atoms with Gasteiger partial charge in [-0.25, -0.2) is 9.78 Å². The molecule has 4 aromatic heterocycles. The van der Waals surface area contributed by atoms with Crippen LogP contribution in [-0.4, -0.2) is 38.1 Å². The molecule has 7 heteroatoms. The van der Waals surface area contributed by atoms with E-state index in [4.69, 9.17) is 4.74 Å². The number of amides is 1. The molecule has 0 saturated carbocycles. The molecular formula is C20H21N5O2. The van der Waals surface area contributed by atoms with Crippen LogP contribution < -0.4 is 4.90 Å². The monoisotopic (exact) mass is 363 g/mol. The fourth-order valence-corrected chi connectivity index (χ4v) is 2.88. The fourth-order valence-electron chi connectivity index (χ4n) is 2.88. The third-order valence-corrected chi connectivity index (χ3v) is 4.24. The Bertz CT molecular complexity index is 1140. The van der Waals surface area contributed by atoms with Gasteiger partial charge in [-0.1, -0.05) is 0 Å². The first-order valence-electron chi connectivity index (χ1n) is 8.69. The molecule has 138 valence electrons. The maximum Gasteiger partial charge on any atom is 0.414 e. The Morgan fingerprint density at radius 2 is 2.00 bits per heavy atom. The van der Waals surface area contributed by atoms with Crippen molar-refractivity contribution in [1.82, 2.24) is 19.4 Å². The third kappa shape index (κ3) is 3.23. The lowest BCUT2D eigenvalue weighted by Crippen LogP contribution is -2.34. The van der Waals surface area contributed by atoms with Gasteiger partial charge in [0.25, 0.3) is 0 Å². The van der Waals surface area contributed by atoms with Crippen LogP contribution >= 0.6 is 0 Å². The van der Waals surface area contributed by atoms with Crippen LogP contribution in [-0.2, 0) is 4.74 Å². The van der Waals surface area contributed by atoms with Gasteiger partial charge in [-0.3, -0.25) is 14.3 Å². The predicted octanol–water partition coefficient (Wildman–Crippen LogP) is 4.25. The van der Waals surface area contributed by atoms with Crippen LogP contribution in [0.3, 0.4) is 0 Å². The summed E-state index contributed by atoms with van der Waals surface area (Å²) in [6.45, 7) is 5.54. The number of carbonyl (C=O) groups excluding carboxylic acids is 1. The lowest BCUT2D eigenvalue weighted by molar-refractivity contribution is 0.0589. The quantitative estimate of drug-likeness (QED) is 0.578. The SMILES string of the molecule is CN(C(=O)OC(C)(C)C)c1ccc2ncc(-c3cc4cc[nH]c4cn3)n2c1. The van der Waals surface area contributed by atoms with E-state index >= 15 is 0 Å². The van der Waals surface area contributed by atoms with Gasteiger partial charge in [0, 0.05) is 24.8 Å².